The number of anilines is 1. The number of nitrogens with zero attached hydrogens (tertiary/aromatic N) is 1. The largest absolute Gasteiger partial charge is 2.00 e. The van der Waals surface area contributed by atoms with E-state index in [9.17, 15) is 9.90 Å². The number of carbonyl (C=O) groups is 1. The van der Waals surface area contributed by atoms with E-state index in [4.69, 9.17) is 5.11 Å². The number of unbranched alkanes of at least 4 members (excludes halogenated alkanes) is 4. The van der Waals surface area contributed by atoms with E-state index in [2.05, 4.69) is 27.7 Å². The summed E-state index contributed by atoms with van der Waals surface area (Å²) in [5.74, 6) is -1.14. The van der Waals surface area contributed by atoms with E-state index >= 15 is 0 Å². The number of aromatic carboxylic acids is 1. The first-order valence-electron chi connectivity index (χ1n) is 12.2. The molecule has 7 heteroatoms. The second-order valence-electron chi connectivity index (χ2n) is 7.64. The second kappa shape index (κ2) is 34.2. The maximum Gasteiger partial charge on any atom is 0.0715 e. The van der Waals surface area contributed by atoms with Crippen LogP contribution in [-0.2, 0) is 5.48 Å². The van der Waals surface area contributed by atoms with Crippen molar-refractivity contribution >= 4 is 53.9 Å². The smallest absolute Gasteiger partial charge is 0.0715 e. The van der Waals surface area contributed by atoms with Gasteiger partial charge in [0.1, 0.15) is 0 Å². The molecule has 1 aromatic carbocycles. The van der Waals surface area contributed by atoms with Crippen LogP contribution in [0.15, 0.2) is 24.3 Å². The topological polar surface area (TPSA) is 94.9 Å². The molecule has 0 saturated carbocycles. The molecule has 5 nitrogen and oxygen atoms in total. The summed E-state index contributed by atoms with van der Waals surface area (Å²) in [5, 5.41) is 18.6. The quantitative estimate of drug-likeness (QED) is 0.199. The Morgan fingerprint density at radius 1 is 0.727 bits per heavy atom. The third kappa shape index (κ3) is 32.0. The van der Waals surface area contributed by atoms with E-state index in [-0.39, 0.29) is 53.3 Å². The summed E-state index contributed by atoms with van der Waals surface area (Å²) in [7, 11) is 4.54. The minimum atomic E-state index is -1.14. The van der Waals surface area contributed by atoms with Gasteiger partial charge in [0.25, 0.3) is 0 Å². The summed E-state index contributed by atoms with van der Waals surface area (Å²) in [6.07, 6.45) is 11.7. The summed E-state index contributed by atoms with van der Waals surface area (Å²) in [5.41, 5.74) is 1.18. The third-order valence-corrected chi connectivity index (χ3v) is 12.5. The molecule has 1 rings (SSSR count). The zero-order valence-corrected chi connectivity index (χ0v) is 28.1. The van der Waals surface area contributed by atoms with Gasteiger partial charge >= 0.3 is 139 Å². The normalized spacial score (nSPS) is 8.61. The van der Waals surface area contributed by atoms with Crippen LogP contribution in [0.3, 0.4) is 0 Å². The Hall–Kier alpha value is 0.00740. The van der Waals surface area contributed by atoms with Crippen molar-refractivity contribution in [1.29, 1.82) is 0 Å². The molecule has 0 atom stereocenters. The van der Waals surface area contributed by atoms with Crippen LogP contribution in [-0.4, -0.2) is 69.5 Å². The van der Waals surface area contributed by atoms with E-state index in [1.54, 1.807) is 29.9 Å². The summed E-state index contributed by atoms with van der Waals surface area (Å²) in [4.78, 5) is 12.3. The van der Waals surface area contributed by atoms with Crippen LogP contribution in [0.1, 0.15) is 89.4 Å². The van der Waals surface area contributed by atoms with Gasteiger partial charge in [-0.1, -0.05) is 12.1 Å². The van der Waals surface area contributed by atoms with Crippen LogP contribution >= 0.6 is 0 Å². The number of benzene rings is 1. The number of carbonyl (C=O) groups excluding carboxylic acids is 1. The summed E-state index contributed by atoms with van der Waals surface area (Å²) in [6, 6.07) is 6.55. The molecule has 0 spiro atoms. The first-order chi connectivity index (χ1) is 15.4. The number of carboxylic acid groups (broad SMARTS) is 1. The monoisotopic (exact) mass is 679 g/mol. The molecule has 0 aromatic heterocycles. The van der Waals surface area contributed by atoms with Crippen LogP contribution in [0.25, 0.3) is 0 Å². The van der Waals surface area contributed by atoms with Gasteiger partial charge < -0.3 is 25.4 Å². The predicted molar refractivity (Wildman–Crippen MR) is 142 cm³/mol. The fourth-order valence-corrected chi connectivity index (χ4v) is 10.7. The molecule has 0 saturated heterocycles. The van der Waals surface area contributed by atoms with Gasteiger partial charge in [0, 0.05) is 19.8 Å². The van der Waals surface area contributed by atoms with Gasteiger partial charge in [-0.3, -0.25) is 0 Å². The van der Waals surface area contributed by atoms with Crippen LogP contribution in [0.4, 0.5) is 5.69 Å². The molecule has 0 heterocycles. The summed E-state index contributed by atoms with van der Waals surface area (Å²) in [6.45, 7) is 9.16. The molecule has 33 heavy (non-hydrogen) atoms. The van der Waals surface area contributed by atoms with Gasteiger partial charge in [0.15, 0.2) is 0 Å². The SMILES string of the molecule is CCC[CH2][Sn+2][CH2]CCC.CCC[CH2][Sn+2][CH2]CCC.CN(C)c1ccc(C(=O)[O-])cc1.C[O-].[O-2]. The second-order valence-corrected chi connectivity index (χ2v) is 16.2. The average Bonchev–Trinajstić information content (AvgIpc) is 2.81. The van der Waals surface area contributed by atoms with E-state index in [0.29, 0.717) is 0 Å². The standard InChI is InChI=1S/C9H11NO2.4C4H9.CH3O.O.2Sn/c1-10(2)8-5-3-7(4-6-8)9(11)12;4*1-3-4-2;1-2;;;/h3-6H,1-2H3,(H,11,12);4*1,3-4H2,2H3;1H3;;;/q;;;;;-1;-2;2*+2/p-1. The van der Waals surface area contributed by atoms with Crippen molar-refractivity contribution in [1.82, 2.24) is 0 Å². The van der Waals surface area contributed by atoms with Crippen molar-refractivity contribution in [2.75, 3.05) is 26.1 Å². The van der Waals surface area contributed by atoms with Gasteiger partial charge in [-0.05, 0) is 17.7 Å². The number of hydrogen-bond acceptors (Lipinski definition) is 4. The first kappa shape index (κ1) is 40.2. The fourth-order valence-electron chi connectivity index (χ4n) is 2.35. The number of rotatable bonds is 14. The zero-order chi connectivity index (χ0) is 25.0. The molecule has 0 amide bonds. The van der Waals surface area contributed by atoms with Crippen molar-refractivity contribution in [2.45, 2.75) is 96.8 Å². The molecule has 0 bridgehead atoms. The molecule has 0 N–H and O–H groups in total. The van der Waals surface area contributed by atoms with Gasteiger partial charge in [0.2, 0.25) is 0 Å². The Balaban J connectivity index is -0.000000184. The Morgan fingerprint density at radius 3 is 1.24 bits per heavy atom. The van der Waals surface area contributed by atoms with Crippen molar-refractivity contribution in [3.05, 3.63) is 29.8 Å². The van der Waals surface area contributed by atoms with Crippen molar-refractivity contribution in [2.24, 2.45) is 0 Å². The van der Waals surface area contributed by atoms with Crippen molar-refractivity contribution in [3.63, 3.8) is 0 Å². The molecular weight excluding hydrogens is 628 g/mol. The Labute approximate surface area is 225 Å². The van der Waals surface area contributed by atoms with Gasteiger partial charge in [-0.15, -0.1) is 0 Å². The minimum absolute atomic E-state index is 0. The Bertz CT molecular complexity index is 460. The molecule has 0 unspecified atom stereocenters. The van der Waals surface area contributed by atoms with E-state index in [1.807, 2.05) is 19.0 Å². The first-order valence-corrected chi connectivity index (χ1v) is 20.3. The van der Waals surface area contributed by atoms with Crippen LogP contribution in [0, 0.1) is 0 Å². The summed E-state index contributed by atoms with van der Waals surface area (Å²) >= 11 is 0.299. The average molecular weight is 677 g/mol. The predicted octanol–water partition coefficient (Wildman–Crippen LogP) is 5.23. The number of carboxylic acids is 1. The van der Waals surface area contributed by atoms with Crippen molar-refractivity contribution in [3.8, 4) is 0 Å². The molecule has 0 aliphatic carbocycles. The molecule has 190 valence electrons. The molecular formula is C26H49NO4Sn2. The van der Waals surface area contributed by atoms with E-state index < -0.39 is 5.97 Å². The third-order valence-electron chi connectivity index (χ3n) is 4.45. The molecule has 0 fully saturated rings. The van der Waals surface area contributed by atoms with Crippen LogP contribution < -0.4 is 15.1 Å². The maximum absolute atomic E-state index is 10.4. The van der Waals surface area contributed by atoms with Gasteiger partial charge in [-0.25, -0.2) is 0 Å². The molecule has 0 radical (unpaired) electrons. The zero-order valence-electron chi connectivity index (χ0n) is 22.4. The molecule has 0 aliphatic rings. The fraction of sp³-hybridized carbons (Fsp3) is 0.731. The Kier molecular flexibility index (Phi) is 41.6. The summed E-state index contributed by atoms with van der Waals surface area (Å²) < 4.78 is 6.50. The molecule has 0 aliphatic heterocycles. The van der Waals surface area contributed by atoms with E-state index in [0.717, 1.165) is 12.8 Å². The van der Waals surface area contributed by atoms with Gasteiger partial charge in [-0.2, -0.15) is 7.11 Å². The number of hydrogen-bond donors (Lipinski definition) is 0. The van der Waals surface area contributed by atoms with Crippen LogP contribution in [0.2, 0.25) is 17.7 Å². The van der Waals surface area contributed by atoms with Crippen LogP contribution in [0.5, 0.6) is 0 Å². The Morgan fingerprint density at radius 2 is 1.03 bits per heavy atom. The van der Waals surface area contributed by atoms with E-state index in [1.165, 1.54) is 63.5 Å². The maximum atomic E-state index is 10.4. The molecule has 1 aromatic rings. The van der Waals surface area contributed by atoms with Crippen molar-refractivity contribution < 1.29 is 20.5 Å². The minimum Gasteiger partial charge on any atom is -2.00 e. The van der Waals surface area contributed by atoms with Gasteiger partial charge in [0.05, 0.1) is 5.97 Å².